The number of unbranched alkanes of at least 4 members (excludes halogenated alkanes) is 2. The molecule has 4 nitrogen and oxygen atoms in total. The summed E-state index contributed by atoms with van der Waals surface area (Å²) in [6.07, 6.45) is 9.22. The van der Waals surface area contributed by atoms with Gasteiger partial charge in [0.1, 0.15) is 9.75 Å². The number of carbonyl (C=O) groups is 2. The smallest absolute Gasteiger partial charge is 0.348 e. The molecule has 4 rings (SSSR count). The van der Waals surface area contributed by atoms with Crippen LogP contribution in [-0.2, 0) is 9.47 Å². The van der Waals surface area contributed by atoms with Crippen LogP contribution in [0.4, 0.5) is 0 Å². The average Bonchev–Trinajstić information content (AvgIpc) is 3.73. The molecule has 0 saturated heterocycles. The van der Waals surface area contributed by atoms with Gasteiger partial charge in [-0.15, -0.1) is 45.3 Å². The minimum absolute atomic E-state index is 0.182. The topological polar surface area (TPSA) is 52.6 Å². The molecule has 0 aromatic carbocycles. The van der Waals surface area contributed by atoms with Crippen molar-refractivity contribution < 1.29 is 19.1 Å². The maximum Gasteiger partial charge on any atom is 0.348 e. The molecule has 10 heteroatoms. The molecule has 0 amide bonds. The van der Waals surface area contributed by atoms with Gasteiger partial charge in [0.2, 0.25) is 0 Å². The number of hydrogen-bond donors (Lipinski definition) is 0. The van der Waals surface area contributed by atoms with E-state index in [2.05, 4.69) is 70.3 Å². The summed E-state index contributed by atoms with van der Waals surface area (Å²) >= 11 is 13.3. The highest BCUT2D eigenvalue weighted by Crippen LogP contribution is 2.38. The van der Waals surface area contributed by atoms with Gasteiger partial charge in [0.05, 0.1) is 30.2 Å². The van der Waals surface area contributed by atoms with E-state index in [0.717, 1.165) is 53.4 Å². The zero-order chi connectivity index (χ0) is 29.1. The van der Waals surface area contributed by atoms with E-state index < -0.39 is 0 Å². The van der Waals surface area contributed by atoms with Gasteiger partial charge in [-0.3, -0.25) is 0 Å². The fourth-order valence-electron chi connectivity index (χ4n) is 4.16. The van der Waals surface area contributed by atoms with Crippen LogP contribution in [0, 0.1) is 11.8 Å². The molecule has 0 aliphatic carbocycles. The summed E-state index contributed by atoms with van der Waals surface area (Å²) in [4.78, 5) is 25.6. The minimum atomic E-state index is -0.182. The van der Waals surface area contributed by atoms with Crippen LogP contribution in [0.1, 0.15) is 98.4 Å². The van der Waals surface area contributed by atoms with Crippen LogP contribution >= 0.6 is 77.2 Å². The lowest BCUT2D eigenvalue weighted by Crippen LogP contribution is -2.13. The maximum absolute atomic E-state index is 12.1. The molecule has 0 N–H and O–H groups in total. The zero-order valence-corrected chi connectivity index (χ0v) is 30.0. The number of ether oxygens (including phenoxy) is 2. The van der Waals surface area contributed by atoms with Crippen LogP contribution in [0.3, 0.4) is 0 Å². The van der Waals surface area contributed by atoms with Crippen molar-refractivity contribution in [3.8, 4) is 0 Å². The van der Waals surface area contributed by atoms with E-state index in [1.807, 2.05) is 12.1 Å². The van der Waals surface area contributed by atoms with Crippen molar-refractivity contribution in [2.24, 2.45) is 11.8 Å². The Morgan fingerprint density at radius 1 is 0.725 bits per heavy atom. The van der Waals surface area contributed by atoms with Gasteiger partial charge in [0.25, 0.3) is 0 Å². The van der Waals surface area contributed by atoms with Crippen molar-refractivity contribution in [3.05, 3.63) is 40.2 Å². The second kappa shape index (κ2) is 17.4. The first kappa shape index (κ1) is 33.7. The number of halogens is 2. The van der Waals surface area contributed by atoms with Crippen LogP contribution in [0.15, 0.2) is 30.5 Å². The molecule has 2 unspecified atom stereocenters. The van der Waals surface area contributed by atoms with Crippen LogP contribution in [0.2, 0.25) is 0 Å². The summed E-state index contributed by atoms with van der Waals surface area (Å²) in [5.74, 6) is 0.619. The predicted octanol–water partition coefficient (Wildman–Crippen LogP) is 12.2. The van der Waals surface area contributed by atoms with Crippen LogP contribution in [-0.4, -0.2) is 25.2 Å². The second-order valence-corrected chi connectivity index (χ2v) is 16.3. The third-order valence-electron chi connectivity index (χ3n) is 6.85. The van der Waals surface area contributed by atoms with Crippen molar-refractivity contribution >= 4 is 109 Å². The van der Waals surface area contributed by atoms with Crippen LogP contribution in [0.25, 0.3) is 20.2 Å². The predicted molar refractivity (Wildman–Crippen MR) is 182 cm³/mol. The first-order valence-corrected chi connectivity index (χ1v) is 19.0. The molecule has 220 valence electrons. The third kappa shape index (κ3) is 9.63. The largest absolute Gasteiger partial charge is 0.461 e. The Bertz CT molecular complexity index is 1250. The first-order valence-electron chi connectivity index (χ1n) is 14.0. The van der Waals surface area contributed by atoms with Gasteiger partial charge in [-0.25, -0.2) is 9.59 Å². The first-order chi connectivity index (χ1) is 19.3. The van der Waals surface area contributed by atoms with Gasteiger partial charge >= 0.3 is 11.9 Å². The molecule has 0 bridgehead atoms. The number of hydrogen-bond acceptors (Lipinski definition) is 8. The normalized spacial score (nSPS) is 12.8. The van der Waals surface area contributed by atoms with E-state index in [4.69, 9.17) is 9.47 Å². The quantitative estimate of drug-likeness (QED) is 0.120. The number of carbonyl (C=O) groups excluding carboxylic acids is 2. The minimum Gasteiger partial charge on any atom is -0.461 e. The SMILES string of the molecule is CCCCC(CC)COC(=O)c1cc2csc(Br)c2s1.CCCCC(CC)COC(=O)c1cc2csc(Br)c2s1. The highest BCUT2D eigenvalue weighted by Gasteiger charge is 2.17. The van der Waals surface area contributed by atoms with E-state index in [0.29, 0.717) is 34.8 Å². The average molecular weight is 751 g/mol. The molecule has 0 spiro atoms. The monoisotopic (exact) mass is 748 g/mol. The lowest BCUT2D eigenvalue weighted by Gasteiger charge is -2.14. The number of fused-ring (bicyclic) bond motifs is 2. The number of thiophene rings is 4. The van der Waals surface area contributed by atoms with E-state index in [1.165, 1.54) is 48.4 Å². The molecular formula is C30H38Br2O4S4. The van der Waals surface area contributed by atoms with E-state index >= 15 is 0 Å². The number of esters is 2. The summed E-state index contributed by atoms with van der Waals surface area (Å²) in [6, 6.07) is 3.85. The van der Waals surface area contributed by atoms with Crippen molar-refractivity contribution in [3.63, 3.8) is 0 Å². The lowest BCUT2D eigenvalue weighted by molar-refractivity contribution is 0.0425. The van der Waals surface area contributed by atoms with Crippen LogP contribution in [0.5, 0.6) is 0 Å². The molecule has 40 heavy (non-hydrogen) atoms. The molecule has 0 aliphatic heterocycles. The zero-order valence-electron chi connectivity index (χ0n) is 23.6. The van der Waals surface area contributed by atoms with E-state index in [9.17, 15) is 9.59 Å². The Kier molecular flexibility index (Phi) is 14.6. The van der Waals surface area contributed by atoms with E-state index in [1.54, 1.807) is 22.7 Å². The molecule has 4 heterocycles. The molecule has 4 aromatic heterocycles. The standard InChI is InChI=1S/2C15H19BrO2S2/c2*1-3-5-6-10(4-2)8-18-15(17)12-7-11-9-19-14(16)13(11)20-12/h2*7,9-10H,3-6,8H2,1-2H3. The van der Waals surface area contributed by atoms with Gasteiger partial charge in [-0.1, -0.05) is 66.2 Å². The molecular weight excluding hydrogens is 712 g/mol. The van der Waals surface area contributed by atoms with Gasteiger partial charge in [0, 0.05) is 21.5 Å². The van der Waals surface area contributed by atoms with Gasteiger partial charge in [-0.05, 0) is 68.7 Å². The Morgan fingerprint density at radius 3 is 1.45 bits per heavy atom. The summed E-state index contributed by atoms with van der Waals surface area (Å²) in [5, 5.41) is 6.36. The summed E-state index contributed by atoms with van der Waals surface area (Å²) < 4.78 is 15.4. The Morgan fingerprint density at radius 2 is 1.12 bits per heavy atom. The molecule has 0 fully saturated rings. The molecule has 4 aromatic rings. The molecule has 0 aliphatic rings. The van der Waals surface area contributed by atoms with Crippen molar-refractivity contribution in [1.29, 1.82) is 0 Å². The third-order valence-corrected chi connectivity index (χ3v) is 13.4. The molecule has 0 saturated carbocycles. The van der Waals surface area contributed by atoms with E-state index in [-0.39, 0.29) is 11.9 Å². The van der Waals surface area contributed by atoms with Gasteiger partial charge < -0.3 is 9.47 Å². The second-order valence-electron chi connectivity index (χ2n) is 9.84. The summed E-state index contributed by atoms with van der Waals surface area (Å²) in [5.41, 5.74) is 0. The molecule has 0 radical (unpaired) electrons. The fraction of sp³-hybridized carbons (Fsp3) is 0.533. The highest BCUT2D eigenvalue weighted by molar-refractivity contribution is 9.11. The molecule has 2 atom stereocenters. The van der Waals surface area contributed by atoms with Gasteiger partial charge in [0.15, 0.2) is 0 Å². The Labute approximate surface area is 270 Å². The Hall–Kier alpha value is -0.780. The fourth-order valence-corrected chi connectivity index (χ4v) is 9.36. The highest BCUT2D eigenvalue weighted by atomic mass is 79.9. The van der Waals surface area contributed by atoms with Crippen molar-refractivity contribution in [2.45, 2.75) is 79.1 Å². The van der Waals surface area contributed by atoms with Crippen molar-refractivity contribution in [2.75, 3.05) is 13.2 Å². The lowest BCUT2D eigenvalue weighted by atomic mass is 10.0. The summed E-state index contributed by atoms with van der Waals surface area (Å²) in [6.45, 7) is 9.78. The Balaban J connectivity index is 0.000000220. The maximum atomic E-state index is 12.1. The van der Waals surface area contributed by atoms with Crippen LogP contribution < -0.4 is 0 Å². The van der Waals surface area contributed by atoms with Crippen molar-refractivity contribution in [1.82, 2.24) is 0 Å². The summed E-state index contributed by atoms with van der Waals surface area (Å²) in [7, 11) is 0. The number of rotatable bonds is 14. The van der Waals surface area contributed by atoms with Gasteiger partial charge in [-0.2, -0.15) is 0 Å².